The second kappa shape index (κ2) is 6.45. The third-order valence-electron chi connectivity index (χ3n) is 3.66. The fourth-order valence-electron chi connectivity index (χ4n) is 2.34. The van der Waals surface area contributed by atoms with Crippen LogP contribution in [0.1, 0.15) is 23.0 Å². The van der Waals surface area contributed by atoms with E-state index in [1.807, 2.05) is 0 Å². The Morgan fingerprint density at radius 2 is 2.04 bits per heavy atom. The van der Waals surface area contributed by atoms with Crippen molar-refractivity contribution >= 4 is 28.9 Å². The molecule has 0 saturated heterocycles. The molecule has 3 heterocycles. The Morgan fingerprint density at radius 3 is 2.62 bits per heavy atom. The molecule has 26 heavy (non-hydrogen) atoms. The fourth-order valence-corrected chi connectivity index (χ4v) is 3.00. The van der Waals surface area contributed by atoms with Gasteiger partial charge in [0, 0.05) is 12.4 Å². The predicted octanol–water partition coefficient (Wildman–Crippen LogP) is 3.28. The number of halogens is 3. The molecule has 0 spiro atoms. The van der Waals surface area contributed by atoms with E-state index in [0.717, 1.165) is 16.7 Å². The maximum atomic E-state index is 13.4. The van der Waals surface area contributed by atoms with E-state index in [1.54, 1.807) is 16.8 Å². The van der Waals surface area contributed by atoms with Crippen LogP contribution in [0.25, 0.3) is 16.8 Å². The van der Waals surface area contributed by atoms with E-state index in [1.165, 1.54) is 24.5 Å². The Morgan fingerprint density at radius 1 is 1.31 bits per heavy atom. The summed E-state index contributed by atoms with van der Waals surface area (Å²) in [5.41, 5.74) is -0.766. The zero-order valence-corrected chi connectivity index (χ0v) is 14.1. The molecule has 2 N–H and O–H groups in total. The Labute approximate surface area is 148 Å². The van der Waals surface area contributed by atoms with Gasteiger partial charge in [-0.15, -0.1) is 0 Å². The number of imidazole rings is 1. The van der Waals surface area contributed by atoms with Gasteiger partial charge >= 0.3 is 12.1 Å². The van der Waals surface area contributed by atoms with Crippen molar-refractivity contribution in [2.45, 2.75) is 19.1 Å². The molecule has 0 aromatic carbocycles. The highest BCUT2D eigenvalue weighted by Crippen LogP contribution is 2.35. The normalized spacial score (nSPS) is 12.9. The third-order valence-corrected chi connectivity index (χ3v) is 4.35. The Balaban J connectivity index is 2.10. The first-order valence-electron chi connectivity index (χ1n) is 7.33. The van der Waals surface area contributed by atoms with E-state index in [2.05, 4.69) is 10.3 Å². The molecule has 10 heteroatoms. The number of nitrogens with one attached hydrogen (secondary N) is 1. The number of rotatable bonds is 4. The predicted molar refractivity (Wildman–Crippen MR) is 88.1 cm³/mol. The van der Waals surface area contributed by atoms with Crippen molar-refractivity contribution < 1.29 is 27.9 Å². The summed E-state index contributed by atoms with van der Waals surface area (Å²) in [6.45, 7) is 1.24. The molecule has 0 bridgehead atoms. The minimum absolute atomic E-state index is 0.300. The minimum atomic E-state index is -4.67. The summed E-state index contributed by atoms with van der Waals surface area (Å²) < 4.78 is 41.4. The lowest BCUT2D eigenvalue weighted by Gasteiger charge is -2.10. The van der Waals surface area contributed by atoms with Crippen LogP contribution in [-0.2, 0) is 11.0 Å². The molecular weight excluding hydrogens is 371 g/mol. The summed E-state index contributed by atoms with van der Waals surface area (Å²) in [6.07, 6.45) is -2.08. The van der Waals surface area contributed by atoms with Crippen LogP contribution in [-0.4, -0.2) is 32.4 Å². The zero-order valence-electron chi connectivity index (χ0n) is 13.2. The van der Waals surface area contributed by atoms with Gasteiger partial charge in [-0.3, -0.25) is 9.59 Å². The molecule has 0 aliphatic rings. The van der Waals surface area contributed by atoms with Crippen LogP contribution in [0, 0.1) is 0 Å². The number of carbonyl (C=O) groups is 2. The second-order valence-corrected chi connectivity index (χ2v) is 6.32. The molecule has 3 aromatic heterocycles. The van der Waals surface area contributed by atoms with Crippen LogP contribution in [0.3, 0.4) is 0 Å². The number of carboxylic acid groups (broad SMARTS) is 1. The number of nitrogens with zero attached hydrogens (tertiary/aromatic N) is 2. The lowest BCUT2D eigenvalue weighted by Crippen LogP contribution is -2.38. The number of pyridine rings is 1. The first-order valence-corrected chi connectivity index (χ1v) is 8.27. The molecule has 0 aliphatic heterocycles. The summed E-state index contributed by atoms with van der Waals surface area (Å²) in [6, 6.07) is 1.47. The zero-order chi connectivity index (χ0) is 19.1. The Hall–Kier alpha value is -2.88. The Bertz CT molecular complexity index is 980. The first-order chi connectivity index (χ1) is 12.2. The van der Waals surface area contributed by atoms with Crippen LogP contribution < -0.4 is 5.32 Å². The van der Waals surface area contributed by atoms with Crippen molar-refractivity contribution in [1.82, 2.24) is 14.7 Å². The number of thiophene rings is 1. The molecule has 0 fully saturated rings. The number of hydrogen-bond donors (Lipinski definition) is 2. The van der Waals surface area contributed by atoms with Gasteiger partial charge in [0.1, 0.15) is 17.4 Å². The van der Waals surface area contributed by atoms with Crippen LogP contribution in [0.15, 0.2) is 35.3 Å². The monoisotopic (exact) mass is 383 g/mol. The van der Waals surface area contributed by atoms with Crippen molar-refractivity contribution in [2.24, 2.45) is 0 Å². The standard InChI is InChI=1S/C16H12F3N3O3S/c1-8(15(24)25)20-14(23)12-6-22-5-10(9-2-3-26-7-9)4-11(13(22)21-12)16(17,18)19/h2-8H,1H3,(H,20,23)(H,24,25). The van der Waals surface area contributed by atoms with Crippen LogP contribution in [0.4, 0.5) is 13.2 Å². The SMILES string of the molecule is CC(NC(=O)c1cn2cc(-c3ccsc3)cc(C(F)(F)F)c2n1)C(=O)O. The maximum absolute atomic E-state index is 13.4. The van der Waals surface area contributed by atoms with Crippen molar-refractivity contribution in [3.63, 3.8) is 0 Å². The Kier molecular flexibility index (Phi) is 4.45. The summed E-state index contributed by atoms with van der Waals surface area (Å²) in [5.74, 6) is -2.13. The number of aromatic nitrogens is 2. The molecule has 1 amide bonds. The summed E-state index contributed by atoms with van der Waals surface area (Å²) >= 11 is 1.35. The number of fused-ring (bicyclic) bond motifs is 1. The van der Waals surface area contributed by atoms with E-state index in [0.29, 0.717) is 11.1 Å². The third kappa shape index (κ3) is 3.40. The molecule has 3 aromatic rings. The van der Waals surface area contributed by atoms with Gasteiger partial charge < -0.3 is 14.8 Å². The minimum Gasteiger partial charge on any atom is -0.480 e. The molecule has 1 atom stereocenters. The lowest BCUT2D eigenvalue weighted by atomic mass is 10.1. The smallest absolute Gasteiger partial charge is 0.420 e. The number of carboxylic acids is 1. The van der Waals surface area contributed by atoms with E-state index < -0.39 is 35.3 Å². The summed E-state index contributed by atoms with van der Waals surface area (Å²) in [4.78, 5) is 26.6. The van der Waals surface area contributed by atoms with Gasteiger partial charge in [-0.25, -0.2) is 4.98 Å². The van der Waals surface area contributed by atoms with Gasteiger partial charge in [-0.05, 0) is 40.9 Å². The number of aliphatic carboxylic acids is 1. The second-order valence-electron chi connectivity index (χ2n) is 5.54. The summed E-state index contributed by atoms with van der Waals surface area (Å²) in [7, 11) is 0. The van der Waals surface area contributed by atoms with Crippen LogP contribution in [0.2, 0.25) is 0 Å². The van der Waals surface area contributed by atoms with Gasteiger partial charge in [-0.2, -0.15) is 24.5 Å². The van der Waals surface area contributed by atoms with Crippen LogP contribution >= 0.6 is 11.3 Å². The first kappa shape index (κ1) is 17.9. The maximum Gasteiger partial charge on any atom is 0.420 e. The van der Waals surface area contributed by atoms with Crippen LogP contribution in [0.5, 0.6) is 0 Å². The van der Waals surface area contributed by atoms with E-state index in [9.17, 15) is 22.8 Å². The van der Waals surface area contributed by atoms with Gasteiger partial charge in [0.2, 0.25) is 0 Å². The van der Waals surface area contributed by atoms with Crippen molar-refractivity contribution in [3.05, 3.63) is 46.5 Å². The quantitative estimate of drug-likeness (QED) is 0.724. The van der Waals surface area contributed by atoms with Gasteiger partial charge in [0.05, 0.1) is 5.56 Å². The highest BCUT2D eigenvalue weighted by Gasteiger charge is 2.35. The average Bonchev–Trinajstić information content (AvgIpc) is 3.21. The molecule has 1 unspecified atom stereocenters. The molecular formula is C16H12F3N3O3S. The highest BCUT2D eigenvalue weighted by molar-refractivity contribution is 7.08. The molecule has 6 nitrogen and oxygen atoms in total. The number of carbonyl (C=O) groups excluding carboxylic acids is 1. The number of alkyl halides is 3. The van der Waals surface area contributed by atoms with E-state index in [-0.39, 0.29) is 5.69 Å². The molecule has 0 aliphatic carbocycles. The van der Waals surface area contributed by atoms with Crippen molar-refractivity contribution in [2.75, 3.05) is 0 Å². The topological polar surface area (TPSA) is 83.7 Å². The molecule has 136 valence electrons. The molecule has 0 radical (unpaired) electrons. The van der Waals surface area contributed by atoms with Crippen molar-refractivity contribution in [3.8, 4) is 11.1 Å². The van der Waals surface area contributed by atoms with Gasteiger partial charge in [0.15, 0.2) is 0 Å². The summed E-state index contributed by atoms with van der Waals surface area (Å²) in [5, 5.41) is 14.4. The van der Waals surface area contributed by atoms with E-state index >= 15 is 0 Å². The lowest BCUT2D eigenvalue weighted by molar-refractivity contribution is -0.139. The van der Waals surface area contributed by atoms with E-state index in [4.69, 9.17) is 5.11 Å². The van der Waals surface area contributed by atoms with Gasteiger partial charge in [-0.1, -0.05) is 0 Å². The highest BCUT2D eigenvalue weighted by atomic mass is 32.1. The molecule has 0 saturated carbocycles. The van der Waals surface area contributed by atoms with Gasteiger partial charge in [0.25, 0.3) is 5.91 Å². The number of amides is 1. The number of hydrogen-bond acceptors (Lipinski definition) is 4. The van der Waals surface area contributed by atoms with Crippen molar-refractivity contribution in [1.29, 1.82) is 0 Å². The largest absolute Gasteiger partial charge is 0.480 e. The fraction of sp³-hybridized carbons (Fsp3) is 0.188. The molecule has 3 rings (SSSR count). The average molecular weight is 383 g/mol.